The average Bonchev–Trinajstić information content (AvgIpc) is 3.40. The van der Waals surface area contributed by atoms with Gasteiger partial charge in [-0.1, -0.05) is 0 Å². The number of rotatable bonds is 3. The molecule has 5 rings (SSSR count). The molecule has 0 unspecified atom stereocenters. The van der Waals surface area contributed by atoms with Crippen LogP contribution in [0.4, 0.5) is 4.79 Å². The fourth-order valence-electron chi connectivity index (χ4n) is 4.51. The number of ether oxygens (including phenoxy) is 2. The lowest BCUT2D eigenvalue weighted by atomic mass is 10.0. The molecule has 4 aromatic rings. The van der Waals surface area contributed by atoms with Gasteiger partial charge in [0.15, 0.2) is 11.5 Å². The molecule has 1 aliphatic heterocycles. The van der Waals surface area contributed by atoms with Crippen molar-refractivity contribution in [3.05, 3.63) is 29.7 Å². The van der Waals surface area contributed by atoms with E-state index in [1.165, 1.54) is 0 Å². The van der Waals surface area contributed by atoms with E-state index in [0.717, 1.165) is 40.7 Å². The van der Waals surface area contributed by atoms with E-state index in [-0.39, 0.29) is 12.1 Å². The monoisotopic (exact) mass is 478 g/mol. The third-order valence-electron chi connectivity index (χ3n) is 6.16. The van der Waals surface area contributed by atoms with Crippen molar-refractivity contribution in [3.8, 4) is 17.0 Å². The molecular weight excluding hydrogens is 448 g/mol. The van der Waals surface area contributed by atoms with Crippen LogP contribution in [0.25, 0.3) is 33.5 Å². The molecule has 3 aromatic heterocycles. The van der Waals surface area contributed by atoms with Crippen LogP contribution in [0.15, 0.2) is 22.6 Å². The van der Waals surface area contributed by atoms with Crippen LogP contribution < -0.4 is 4.74 Å². The Balaban J connectivity index is 1.40. The van der Waals surface area contributed by atoms with Crippen molar-refractivity contribution in [2.45, 2.75) is 59.1 Å². The van der Waals surface area contributed by atoms with Crippen LogP contribution in [0.3, 0.4) is 0 Å². The molecule has 0 atom stereocenters. The molecule has 0 saturated carbocycles. The van der Waals surface area contributed by atoms with Gasteiger partial charge in [-0.15, -0.1) is 5.10 Å². The van der Waals surface area contributed by atoms with Gasteiger partial charge in [-0.25, -0.2) is 14.8 Å². The van der Waals surface area contributed by atoms with Crippen LogP contribution >= 0.6 is 0 Å². The van der Waals surface area contributed by atoms with E-state index in [0.29, 0.717) is 36.0 Å². The highest BCUT2D eigenvalue weighted by molar-refractivity contribution is 5.88. The predicted octanol–water partition coefficient (Wildman–Crippen LogP) is 4.83. The van der Waals surface area contributed by atoms with Crippen molar-refractivity contribution in [2.24, 2.45) is 0 Å². The van der Waals surface area contributed by atoms with Crippen molar-refractivity contribution in [2.75, 3.05) is 20.2 Å². The number of methoxy groups -OCH3 is 1. The zero-order chi connectivity index (χ0) is 24.9. The van der Waals surface area contributed by atoms with E-state index >= 15 is 0 Å². The largest absolute Gasteiger partial charge is 0.496 e. The van der Waals surface area contributed by atoms with Gasteiger partial charge in [0.25, 0.3) is 0 Å². The van der Waals surface area contributed by atoms with Gasteiger partial charge in [0, 0.05) is 31.1 Å². The van der Waals surface area contributed by atoms with Crippen LogP contribution in [0.2, 0.25) is 0 Å². The number of amides is 1. The Kier molecular flexibility index (Phi) is 5.61. The van der Waals surface area contributed by atoms with Crippen molar-refractivity contribution in [1.82, 2.24) is 29.9 Å². The Morgan fingerprint density at radius 2 is 1.86 bits per heavy atom. The molecule has 0 spiro atoms. The molecule has 1 fully saturated rings. The number of aryl methyl sites for hydroxylation is 2. The number of nitrogens with zero attached hydrogens (tertiary/aromatic N) is 6. The summed E-state index contributed by atoms with van der Waals surface area (Å²) in [6, 6.07) is 5.84. The molecule has 1 amide bonds. The van der Waals surface area contributed by atoms with E-state index in [2.05, 4.69) is 15.2 Å². The second-order valence-electron chi connectivity index (χ2n) is 9.92. The summed E-state index contributed by atoms with van der Waals surface area (Å²) in [4.78, 5) is 25.1. The van der Waals surface area contributed by atoms with E-state index < -0.39 is 5.60 Å². The van der Waals surface area contributed by atoms with E-state index in [1.807, 2.05) is 52.8 Å². The zero-order valence-electron chi connectivity index (χ0n) is 21.0. The minimum Gasteiger partial charge on any atom is -0.496 e. The van der Waals surface area contributed by atoms with Gasteiger partial charge < -0.3 is 18.8 Å². The number of likely N-dealkylation sites (tertiary alicyclic amines) is 1. The van der Waals surface area contributed by atoms with Gasteiger partial charge in [0.1, 0.15) is 22.4 Å². The minimum atomic E-state index is -0.503. The lowest BCUT2D eigenvalue weighted by molar-refractivity contribution is 0.0180. The van der Waals surface area contributed by atoms with E-state index in [1.54, 1.807) is 16.8 Å². The van der Waals surface area contributed by atoms with Gasteiger partial charge >= 0.3 is 6.09 Å². The number of benzene rings is 1. The number of fused-ring (bicyclic) bond motifs is 2. The van der Waals surface area contributed by atoms with E-state index in [4.69, 9.17) is 18.9 Å². The first kappa shape index (κ1) is 23.1. The van der Waals surface area contributed by atoms with Gasteiger partial charge in [-0.3, -0.25) is 0 Å². The number of carbonyl (C=O) groups excluding carboxylic acids is 1. The number of carbonyl (C=O) groups is 1. The standard InChI is InChI=1S/C25H30N6O4/c1-14-21-20(34-15(2)26-21)13-17(22(14)33-6)18-7-8-19-23(27-18)29-31(28-19)16-9-11-30(12-10-16)24(32)35-25(3,4)5/h7-8,13,16H,9-12H2,1-6H3. The molecule has 4 heterocycles. The maximum Gasteiger partial charge on any atom is 0.410 e. The zero-order valence-corrected chi connectivity index (χ0v) is 21.0. The molecule has 1 aliphatic rings. The van der Waals surface area contributed by atoms with Gasteiger partial charge in [0.2, 0.25) is 5.65 Å². The molecule has 0 N–H and O–H groups in total. The summed E-state index contributed by atoms with van der Waals surface area (Å²) in [5, 5.41) is 9.34. The third-order valence-corrected chi connectivity index (χ3v) is 6.16. The molecule has 0 radical (unpaired) electrons. The summed E-state index contributed by atoms with van der Waals surface area (Å²) < 4.78 is 17.0. The number of oxazole rings is 1. The summed E-state index contributed by atoms with van der Waals surface area (Å²) in [6.45, 7) is 10.6. The number of piperidine rings is 1. The Labute approximate surface area is 203 Å². The first-order valence-electron chi connectivity index (χ1n) is 11.8. The second kappa shape index (κ2) is 8.51. The predicted molar refractivity (Wildman–Crippen MR) is 130 cm³/mol. The maximum absolute atomic E-state index is 12.4. The van der Waals surface area contributed by atoms with Gasteiger partial charge in [-0.2, -0.15) is 9.90 Å². The lowest BCUT2D eigenvalue weighted by Crippen LogP contribution is -2.42. The molecule has 1 aromatic carbocycles. The molecule has 184 valence electrons. The molecule has 10 heteroatoms. The first-order valence-corrected chi connectivity index (χ1v) is 11.8. The fourth-order valence-corrected chi connectivity index (χ4v) is 4.51. The average molecular weight is 479 g/mol. The lowest BCUT2D eigenvalue weighted by Gasteiger charge is -2.32. The van der Waals surface area contributed by atoms with Crippen LogP contribution in [0.5, 0.6) is 5.75 Å². The summed E-state index contributed by atoms with van der Waals surface area (Å²) in [5.74, 6) is 1.31. The number of hydrogen-bond donors (Lipinski definition) is 0. The second-order valence-corrected chi connectivity index (χ2v) is 9.92. The Morgan fingerprint density at radius 3 is 2.54 bits per heavy atom. The molecule has 1 saturated heterocycles. The maximum atomic E-state index is 12.4. The quantitative estimate of drug-likeness (QED) is 0.412. The minimum absolute atomic E-state index is 0.0941. The van der Waals surface area contributed by atoms with Crippen molar-refractivity contribution in [1.29, 1.82) is 0 Å². The summed E-state index contributed by atoms with van der Waals surface area (Å²) >= 11 is 0. The summed E-state index contributed by atoms with van der Waals surface area (Å²) in [6.07, 6.45) is 1.23. The van der Waals surface area contributed by atoms with Crippen molar-refractivity contribution in [3.63, 3.8) is 0 Å². The van der Waals surface area contributed by atoms with Gasteiger partial charge in [-0.05, 0) is 58.7 Å². The normalized spacial score (nSPS) is 15.2. The summed E-state index contributed by atoms with van der Waals surface area (Å²) in [5.41, 5.74) is 4.69. The first-order chi connectivity index (χ1) is 16.6. The van der Waals surface area contributed by atoms with Crippen LogP contribution in [0, 0.1) is 13.8 Å². The van der Waals surface area contributed by atoms with E-state index in [9.17, 15) is 4.79 Å². The number of aromatic nitrogens is 5. The topological polar surface area (TPSA) is 108 Å². The Bertz CT molecular complexity index is 1410. The van der Waals surface area contributed by atoms with Gasteiger partial charge in [0.05, 0.1) is 18.8 Å². The highest BCUT2D eigenvalue weighted by Gasteiger charge is 2.29. The fraction of sp³-hybridized carbons (Fsp3) is 0.480. The van der Waals surface area contributed by atoms with Crippen LogP contribution in [0.1, 0.15) is 51.1 Å². The van der Waals surface area contributed by atoms with Crippen molar-refractivity contribution < 1.29 is 18.7 Å². The molecule has 0 bridgehead atoms. The molecular formula is C25H30N6O4. The highest BCUT2D eigenvalue weighted by atomic mass is 16.6. The SMILES string of the molecule is COc1c(-c2ccc3nn(C4CCN(C(=O)OC(C)(C)C)CC4)nc3n2)cc2oc(C)nc2c1C. The number of hydrogen-bond acceptors (Lipinski definition) is 8. The van der Waals surface area contributed by atoms with Crippen LogP contribution in [-0.4, -0.2) is 61.8 Å². The smallest absolute Gasteiger partial charge is 0.410 e. The van der Waals surface area contributed by atoms with Crippen LogP contribution in [-0.2, 0) is 4.74 Å². The highest BCUT2D eigenvalue weighted by Crippen LogP contribution is 2.38. The molecule has 10 nitrogen and oxygen atoms in total. The third kappa shape index (κ3) is 4.40. The molecule has 0 aliphatic carbocycles. The Morgan fingerprint density at radius 1 is 1.11 bits per heavy atom. The van der Waals surface area contributed by atoms with Crippen molar-refractivity contribution >= 4 is 28.4 Å². The summed E-state index contributed by atoms with van der Waals surface area (Å²) in [7, 11) is 1.64. The number of pyridine rings is 1. The molecule has 35 heavy (non-hydrogen) atoms. The Hall–Kier alpha value is -3.69.